The lowest BCUT2D eigenvalue weighted by Crippen LogP contribution is -2.37. The molecule has 1 aromatic rings. The number of likely N-dealkylation sites (N-methyl/N-ethyl adjacent to an activating group) is 1. The van der Waals surface area contributed by atoms with Crippen molar-refractivity contribution in [3.8, 4) is 0 Å². The molecule has 0 spiro atoms. The first-order valence-electron chi connectivity index (χ1n) is 7.00. The standard InChI is InChI=1S/C15H21N3O2/c1-16-14(19)9-11-4-6-13(7-5-11)18-15(20)12-3-2-8-17-10-12/h4-7,12,17H,2-3,8-10H2,1H3,(H,16,19)(H,18,20). The Morgan fingerprint density at radius 2 is 2.05 bits per heavy atom. The third-order valence-corrected chi connectivity index (χ3v) is 3.53. The zero-order chi connectivity index (χ0) is 14.4. The normalized spacial score (nSPS) is 18.4. The van der Waals surface area contributed by atoms with E-state index >= 15 is 0 Å². The Balaban J connectivity index is 1.89. The second kappa shape index (κ2) is 7.05. The minimum Gasteiger partial charge on any atom is -0.359 e. The molecule has 0 aromatic heterocycles. The van der Waals surface area contributed by atoms with Gasteiger partial charge in [0.15, 0.2) is 0 Å². The van der Waals surface area contributed by atoms with E-state index in [9.17, 15) is 9.59 Å². The summed E-state index contributed by atoms with van der Waals surface area (Å²) in [7, 11) is 1.62. The summed E-state index contributed by atoms with van der Waals surface area (Å²) in [6, 6.07) is 7.41. The van der Waals surface area contributed by atoms with Crippen LogP contribution in [0, 0.1) is 5.92 Å². The molecule has 0 aliphatic carbocycles. The van der Waals surface area contributed by atoms with E-state index in [1.807, 2.05) is 24.3 Å². The summed E-state index contributed by atoms with van der Waals surface area (Å²) in [6.07, 6.45) is 2.34. The SMILES string of the molecule is CNC(=O)Cc1ccc(NC(=O)C2CCCNC2)cc1. The van der Waals surface area contributed by atoms with E-state index in [-0.39, 0.29) is 17.7 Å². The molecule has 0 bridgehead atoms. The third kappa shape index (κ3) is 4.06. The van der Waals surface area contributed by atoms with Gasteiger partial charge in [-0.15, -0.1) is 0 Å². The summed E-state index contributed by atoms with van der Waals surface area (Å²) in [5.41, 5.74) is 1.71. The number of anilines is 1. The highest BCUT2D eigenvalue weighted by Crippen LogP contribution is 2.15. The molecule has 1 heterocycles. The first-order chi connectivity index (χ1) is 9.69. The molecule has 1 aliphatic rings. The Labute approximate surface area is 119 Å². The first kappa shape index (κ1) is 14.5. The van der Waals surface area contributed by atoms with Crippen molar-refractivity contribution in [2.75, 3.05) is 25.5 Å². The number of amides is 2. The number of benzene rings is 1. The molecule has 1 saturated heterocycles. The van der Waals surface area contributed by atoms with Crippen molar-refractivity contribution in [1.82, 2.24) is 10.6 Å². The van der Waals surface area contributed by atoms with Crippen molar-refractivity contribution in [2.24, 2.45) is 5.92 Å². The predicted octanol–water partition coefficient (Wildman–Crippen LogP) is 0.913. The second-order valence-electron chi connectivity index (χ2n) is 5.08. The van der Waals surface area contributed by atoms with E-state index in [1.54, 1.807) is 7.05 Å². The molecule has 5 heteroatoms. The molecule has 1 aliphatic heterocycles. The van der Waals surface area contributed by atoms with Crippen LogP contribution in [0.25, 0.3) is 0 Å². The maximum atomic E-state index is 12.1. The lowest BCUT2D eigenvalue weighted by atomic mass is 9.99. The number of carbonyl (C=O) groups excluding carboxylic acids is 2. The van der Waals surface area contributed by atoms with Gasteiger partial charge in [0.05, 0.1) is 12.3 Å². The van der Waals surface area contributed by atoms with Gasteiger partial charge < -0.3 is 16.0 Å². The van der Waals surface area contributed by atoms with E-state index in [0.717, 1.165) is 37.2 Å². The van der Waals surface area contributed by atoms with E-state index < -0.39 is 0 Å². The van der Waals surface area contributed by atoms with Crippen molar-refractivity contribution >= 4 is 17.5 Å². The summed E-state index contributed by atoms with van der Waals surface area (Å²) in [6.45, 7) is 1.75. The van der Waals surface area contributed by atoms with Crippen molar-refractivity contribution in [3.05, 3.63) is 29.8 Å². The fourth-order valence-electron chi connectivity index (χ4n) is 2.30. The van der Waals surface area contributed by atoms with Gasteiger partial charge in [0.25, 0.3) is 0 Å². The molecule has 2 amide bonds. The van der Waals surface area contributed by atoms with Crippen LogP contribution in [0.2, 0.25) is 0 Å². The van der Waals surface area contributed by atoms with Gasteiger partial charge in [0.2, 0.25) is 11.8 Å². The van der Waals surface area contributed by atoms with Crippen molar-refractivity contribution in [2.45, 2.75) is 19.3 Å². The highest BCUT2D eigenvalue weighted by atomic mass is 16.2. The summed E-state index contributed by atoms with van der Waals surface area (Å²) in [5, 5.41) is 8.75. The van der Waals surface area contributed by atoms with Gasteiger partial charge in [-0.3, -0.25) is 9.59 Å². The van der Waals surface area contributed by atoms with Crippen LogP contribution in [0.5, 0.6) is 0 Å². The zero-order valence-electron chi connectivity index (χ0n) is 11.7. The number of hydrogen-bond acceptors (Lipinski definition) is 3. The van der Waals surface area contributed by atoms with Crippen LogP contribution in [0.4, 0.5) is 5.69 Å². The highest BCUT2D eigenvalue weighted by molar-refractivity contribution is 5.92. The van der Waals surface area contributed by atoms with E-state index in [0.29, 0.717) is 6.42 Å². The quantitative estimate of drug-likeness (QED) is 0.765. The number of rotatable bonds is 4. The summed E-state index contributed by atoms with van der Waals surface area (Å²) in [4.78, 5) is 23.3. The Kier molecular flexibility index (Phi) is 5.12. The molecule has 3 N–H and O–H groups in total. The molecule has 0 saturated carbocycles. The molecule has 1 atom stereocenters. The fourth-order valence-corrected chi connectivity index (χ4v) is 2.30. The molecule has 1 fully saturated rings. The molecule has 20 heavy (non-hydrogen) atoms. The maximum absolute atomic E-state index is 12.1. The van der Waals surface area contributed by atoms with Gasteiger partial charge in [0.1, 0.15) is 0 Å². The Bertz CT molecular complexity index is 465. The van der Waals surface area contributed by atoms with Crippen molar-refractivity contribution in [1.29, 1.82) is 0 Å². The molecular formula is C15H21N3O2. The fraction of sp³-hybridized carbons (Fsp3) is 0.467. The Morgan fingerprint density at radius 3 is 2.65 bits per heavy atom. The van der Waals surface area contributed by atoms with Gasteiger partial charge in [-0.1, -0.05) is 12.1 Å². The largest absolute Gasteiger partial charge is 0.359 e. The molecule has 5 nitrogen and oxygen atoms in total. The molecule has 108 valence electrons. The summed E-state index contributed by atoms with van der Waals surface area (Å²) in [5.74, 6) is 0.0978. The highest BCUT2D eigenvalue weighted by Gasteiger charge is 2.20. The molecule has 1 aromatic carbocycles. The number of piperidine rings is 1. The topological polar surface area (TPSA) is 70.2 Å². The van der Waals surface area contributed by atoms with E-state index in [4.69, 9.17) is 0 Å². The molecule has 0 radical (unpaired) electrons. The van der Waals surface area contributed by atoms with Crippen LogP contribution in [0.15, 0.2) is 24.3 Å². The minimum absolute atomic E-state index is 0.0185. The average molecular weight is 275 g/mol. The summed E-state index contributed by atoms with van der Waals surface area (Å²) < 4.78 is 0. The predicted molar refractivity (Wildman–Crippen MR) is 78.4 cm³/mol. The smallest absolute Gasteiger partial charge is 0.228 e. The van der Waals surface area contributed by atoms with Gasteiger partial charge in [-0.25, -0.2) is 0 Å². The van der Waals surface area contributed by atoms with Crippen molar-refractivity contribution < 1.29 is 9.59 Å². The van der Waals surface area contributed by atoms with Crippen molar-refractivity contribution in [3.63, 3.8) is 0 Å². The van der Waals surface area contributed by atoms with Crippen LogP contribution < -0.4 is 16.0 Å². The Morgan fingerprint density at radius 1 is 1.30 bits per heavy atom. The van der Waals surface area contributed by atoms with Crippen LogP contribution in [0.3, 0.4) is 0 Å². The van der Waals surface area contributed by atoms with Crippen LogP contribution in [-0.4, -0.2) is 32.0 Å². The number of nitrogens with one attached hydrogen (secondary N) is 3. The second-order valence-corrected chi connectivity index (χ2v) is 5.08. The lowest BCUT2D eigenvalue weighted by Gasteiger charge is -2.21. The van der Waals surface area contributed by atoms with Crippen LogP contribution in [0.1, 0.15) is 18.4 Å². The number of carbonyl (C=O) groups is 2. The summed E-state index contributed by atoms with van der Waals surface area (Å²) >= 11 is 0. The molecule has 2 rings (SSSR count). The van der Waals surface area contributed by atoms with Gasteiger partial charge in [0, 0.05) is 19.3 Å². The molecular weight excluding hydrogens is 254 g/mol. The lowest BCUT2D eigenvalue weighted by molar-refractivity contribution is -0.121. The third-order valence-electron chi connectivity index (χ3n) is 3.53. The van der Waals surface area contributed by atoms with Crippen LogP contribution >= 0.6 is 0 Å². The Hall–Kier alpha value is -1.88. The van der Waals surface area contributed by atoms with E-state index in [1.165, 1.54) is 0 Å². The zero-order valence-corrected chi connectivity index (χ0v) is 11.7. The number of hydrogen-bond donors (Lipinski definition) is 3. The van der Waals surface area contributed by atoms with Crippen LogP contribution in [-0.2, 0) is 16.0 Å². The monoisotopic (exact) mass is 275 g/mol. The van der Waals surface area contributed by atoms with Gasteiger partial charge in [-0.05, 0) is 37.1 Å². The maximum Gasteiger partial charge on any atom is 0.228 e. The first-order valence-corrected chi connectivity index (χ1v) is 7.00. The van der Waals surface area contributed by atoms with E-state index in [2.05, 4.69) is 16.0 Å². The van der Waals surface area contributed by atoms with Gasteiger partial charge >= 0.3 is 0 Å². The van der Waals surface area contributed by atoms with Gasteiger partial charge in [-0.2, -0.15) is 0 Å². The average Bonchev–Trinajstić information content (AvgIpc) is 2.50. The minimum atomic E-state index is -0.0185. The molecule has 1 unspecified atom stereocenters.